The molecule has 5 nitrogen and oxygen atoms in total. The molecule has 0 fully saturated rings. The highest BCUT2D eigenvalue weighted by Crippen LogP contribution is 2.23. The molecule has 2 rings (SSSR count). The van der Waals surface area contributed by atoms with Gasteiger partial charge in [0.15, 0.2) is 5.43 Å². The van der Waals surface area contributed by atoms with Gasteiger partial charge in [-0.1, -0.05) is 12.1 Å². The highest BCUT2D eigenvalue weighted by Gasteiger charge is 2.11. The van der Waals surface area contributed by atoms with Crippen molar-refractivity contribution >= 4 is 5.97 Å². The van der Waals surface area contributed by atoms with Gasteiger partial charge in [0.05, 0.1) is 18.7 Å². The van der Waals surface area contributed by atoms with Crippen molar-refractivity contribution in [3.8, 4) is 11.4 Å². The lowest BCUT2D eigenvalue weighted by atomic mass is 10.1. The minimum absolute atomic E-state index is 0.249. The third kappa shape index (κ3) is 3.31. The summed E-state index contributed by atoms with van der Waals surface area (Å²) >= 11 is 0. The van der Waals surface area contributed by atoms with Crippen LogP contribution in [0.15, 0.2) is 41.3 Å². The van der Waals surface area contributed by atoms with E-state index >= 15 is 0 Å². The van der Waals surface area contributed by atoms with Gasteiger partial charge in [-0.05, 0) is 26.0 Å². The summed E-state index contributed by atoms with van der Waals surface area (Å²) in [5, 5.41) is 8.89. The van der Waals surface area contributed by atoms with Crippen molar-refractivity contribution in [1.82, 2.24) is 4.57 Å². The molecule has 0 bridgehead atoms. The molecule has 0 amide bonds. The molecule has 0 unspecified atom stereocenters. The molecule has 0 aliphatic rings. The molecule has 0 saturated carbocycles. The van der Waals surface area contributed by atoms with Crippen LogP contribution < -0.4 is 10.2 Å². The molecular formula is C16H17NO4. The number of para-hydroxylation sites is 2. The first kappa shape index (κ1) is 14.8. The van der Waals surface area contributed by atoms with E-state index in [2.05, 4.69) is 0 Å². The normalized spacial score (nSPS) is 10.4. The molecule has 5 heteroatoms. The summed E-state index contributed by atoms with van der Waals surface area (Å²) in [6.45, 7) is 4.22. The van der Waals surface area contributed by atoms with E-state index in [1.807, 2.05) is 31.2 Å². The zero-order valence-electron chi connectivity index (χ0n) is 12.0. The average Bonchev–Trinajstić information content (AvgIpc) is 2.43. The van der Waals surface area contributed by atoms with Crippen LogP contribution in [0.1, 0.15) is 18.2 Å². The number of benzene rings is 1. The summed E-state index contributed by atoms with van der Waals surface area (Å²) in [6.07, 6.45) is 1.28. The van der Waals surface area contributed by atoms with Gasteiger partial charge >= 0.3 is 5.97 Å². The van der Waals surface area contributed by atoms with Crippen LogP contribution in [-0.2, 0) is 11.2 Å². The Morgan fingerprint density at radius 3 is 2.71 bits per heavy atom. The predicted molar refractivity (Wildman–Crippen MR) is 79.3 cm³/mol. The Morgan fingerprint density at radius 1 is 1.33 bits per heavy atom. The Labute approximate surface area is 122 Å². The number of ether oxygens (including phenoxy) is 1. The summed E-state index contributed by atoms with van der Waals surface area (Å²) in [7, 11) is 0. The SMILES string of the molecule is CCOc1ccccc1-n1cc(CC(=O)O)c(=O)cc1C. The van der Waals surface area contributed by atoms with Gasteiger partial charge in [-0.3, -0.25) is 9.59 Å². The molecule has 110 valence electrons. The monoisotopic (exact) mass is 287 g/mol. The standard InChI is InChI=1S/C16H17NO4/c1-3-21-15-7-5-4-6-13(15)17-10-12(9-16(19)20)14(18)8-11(17)2/h4-8,10H,3,9H2,1-2H3,(H,19,20). The molecule has 1 heterocycles. The third-order valence-electron chi connectivity index (χ3n) is 3.09. The van der Waals surface area contributed by atoms with Crippen LogP contribution in [0.3, 0.4) is 0 Å². The number of carboxylic acid groups (broad SMARTS) is 1. The van der Waals surface area contributed by atoms with Gasteiger partial charge in [0.2, 0.25) is 0 Å². The van der Waals surface area contributed by atoms with E-state index in [9.17, 15) is 9.59 Å². The smallest absolute Gasteiger partial charge is 0.308 e. The third-order valence-corrected chi connectivity index (χ3v) is 3.09. The number of hydrogen-bond donors (Lipinski definition) is 1. The summed E-state index contributed by atoms with van der Waals surface area (Å²) < 4.78 is 7.36. The number of rotatable bonds is 5. The van der Waals surface area contributed by atoms with Gasteiger partial charge in [0.25, 0.3) is 0 Å². The second kappa shape index (κ2) is 6.26. The van der Waals surface area contributed by atoms with Crippen molar-refractivity contribution in [2.24, 2.45) is 0 Å². The van der Waals surface area contributed by atoms with E-state index in [1.54, 1.807) is 17.7 Å². The maximum atomic E-state index is 11.9. The summed E-state index contributed by atoms with van der Waals surface area (Å²) in [4.78, 5) is 22.7. The number of nitrogens with zero attached hydrogens (tertiary/aromatic N) is 1. The Morgan fingerprint density at radius 2 is 2.05 bits per heavy atom. The zero-order chi connectivity index (χ0) is 15.4. The second-order valence-corrected chi connectivity index (χ2v) is 4.65. The number of aryl methyl sites for hydroxylation is 1. The number of carboxylic acids is 1. The molecular weight excluding hydrogens is 270 g/mol. The van der Waals surface area contributed by atoms with Gasteiger partial charge < -0.3 is 14.4 Å². The summed E-state index contributed by atoms with van der Waals surface area (Å²) in [6, 6.07) is 8.89. The van der Waals surface area contributed by atoms with Gasteiger partial charge in [0.1, 0.15) is 5.75 Å². The lowest BCUT2D eigenvalue weighted by molar-refractivity contribution is -0.136. The minimum Gasteiger partial charge on any atom is -0.492 e. The lowest BCUT2D eigenvalue weighted by Crippen LogP contribution is -2.17. The van der Waals surface area contributed by atoms with Crippen molar-refractivity contribution in [1.29, 1.82) is 0 Å². The first-order valence-corrected chi connectivity index (χ1v) is 6.69. The van der Waals surface area contributed by atoms with Crippen LogP contribution in [0.5, 0.6) is 5.75 Å². The van der Waals surface area contributed by atoms with Gasteiger partial charge in [-0.25, -0.2) is 0 Å². The van der Waals surface area contributed by atoms with Crippen LogP contribution in [0.4, 0.5) is 0 Å². The van der Waals surface area contributed by atoms with Crippen molar-refractivity contribution in [2.75, 3.05) is 6.61 Å². The van der Waals surface area contributed by atoms with E-state index in [-0.39, 0.29) is 17.4 Å². The first-order chi connectivity index (χ1) is 10.0. The van der Waals surface area contributed by atoms with Crippen LogP contribution in [0.25, 0.3) is 5.69 Å². The highest BCUT2D eigenvalue weighted by atomic mass is 16.5. The van der Waals surface area contributed by atoms with Gasteiger partial charge in [0, 0.05) is 23.5 Å². The average molecular weight is 287 g/mol. The van der Waals surface area contributed by atoms with Gasteiger partial charge in [-0.2, -0.15) is 0 Å². The topological polar surface area (TPSA) is 68.5 Å². The molecule has 0 aliphatic heterocycles. The molecule has 0 aliphatic carbocycles. The molecule has 2 aromatic rings. The predicted octanol–water partition coefficient (Wildman–Crippen LogP) is 2.17. The highest BCUT2D eigenvalue weighted by molar-refractivity contribution is 5.70. The van der Waals surface area contributed by atoms with Gasteiger partial charge in [-0.15, -0.1) is 0 Å². The van der Waals surface area contributed by atoms with Crippen LogP contribution in [-0.4, -0.2) is 22.2 Å². The first-order valence-electron chi connectivity index (χ1n) is 6.69. The van der Waals surface area contributed by atoms with Crippen LogP contribution >= 0.6 is 0 Å². The van der Waals surface area contributed by atoms with Crippen LogP contribution in [0, 0.1) is 6.92 Å². The van der Waals surface area contributed by atoms with E-state index in [1.165, 1.54) is 6.07 Å². The number of carbonyl (C=O) groups is 1. The quantitative estimate of drug-likeness (QED) is 0.915. The maximum absolute atomic E-state index is 11.9. The Balaban J connectivity index is 2.58. The largest absolute Gasteiger partial charge is 0.492 e. The summed E-state index contributed by atoms with van der Waals surface area (Å²) in [5.74, 6) is -0.339. The molecule has 1 N–H and O–H groups in total. The minimum atomic E-state index is -1.03. The molecule has 0 saturated heterocycles. The van der Waals surface area contributed by atoms with E-state index in [0.717, 1.165) is 11.4 Å². The van der Waals surface area contributed by atoms with Crippen molar-refractivity contribution in [2.45, 2.75) is 20.3 Å². The zero-order valence-corrected chi connectivity index (χ0v) is 12.0. The number of hydrogen-bond acceptors (Lipinski definition) is 3. The number of pyridine rings is 1. The Hall–Kier alpha value is -2.56. The second-order valence-electron chi connectivity index (χ2n) is 4.65. The van der Waals surface area contributed by atoms with Crippen molar-refractivity contribution in [3.63, 3.8) is 0 Å². The molecule has 1 aromatic carbocycles. The van der Waals surface area contributed by atoms with E-state index < -0.39 is 5.97 Å². The molecule has 0 radical (unpaired) electrons. The van der Waals surface area contributed by atoms with E-state index in [4.69, 9.17) is 9.84 Å². The fourth-order valence-electron chi connectivity index (χ4n) is 2.16. The van der Waals surface area contributed by atoms with Crippen LogP contribution in [0.2, 0.25) is 0 Å². The molecule has 21 heavy (non-hydrogen) atoms. The van der Waals surface area contributed by atoms with Crippen molar-refractivity contribution < 1.29 is 14.6 Å². The fourth-order valence-corrected chi connectivity index (χ4v) is 2.16. The molecule has 0 spiro atoms. The molecule has 0 atom stereocenters. The number of aromatic nitrogens is 1. The lowest BCUT2D eigenvalue weighted by Gasteiger charge is -2.16. The van der Waals surface area contributed by atoms with Crippen molar-refractivity contribution in [3.05, 3.63) is 58.0 Å². The molecule has 1 aromatic heterocycles. The number of aliphatic carboxylic acids is 1. The maximum Gasteiger partial charge on any atom is 0.308 e. The Kier molecular flexibility index (Phi) is 4.42. The Bertz CT molecular complexity index is 718. The fraction of sp³-hybridized carbons (Fsp3) is 0.250. The summed E-state index contributed by atoms with van der Waals surface area (Å²) in [5.41, 5.74) is 1.49. The van der Waals surface area contributed by atoms with E-state index in [0.29, 0.717) is 12.4 Å².